The number of rotatable bonds is 15. The summed E-state index contributed by atoms with van der Waals surface area (Å²) in [4.78, 5) is 11.5. The molecule has 0 aromatic rings. The molecule has 0 fully saturated rings. The number of unbranched alkanes of at least 4 members (excludes halogenated alkanes) is 10. The highest BCUT2D eigenvalue weighted by Crippen LogP contribution is 2.11. The van der Waals surface area contributed by atoms with Gasteiger partial charge in [-0.15, -0.1) is 0 Å². The Kier molecular flexibility index (Phi) is 15.1. The van der Waals surface area contributed by atoms with E-state index in [1.807, 2.05) is 0 Å². The van der Waals surface area contributed by atoms with Crippen LogP contribution >= 0.6 is 0 Å². The monoisotopic (exact) mass is 306 g/mol. The molecule has 0 radical (unpaired) electrons. The van der Waals surface area contributed by atoms with Gasteiger partial charge in [-0.25, -0.2) is 4.79 Å². The van der Waals surface area contributed by atoms with E-state index >= 15 is 0 Å². The molecule has 0 atom stereocenters. The molecule has 0 saturated carbocycles. The number of ether oxygens (including phenoxy) is 1. The molecule has 0 bridgehead atoms. The highest BCUT2D eigenvalue weighted by molar-refractivity contribution is 5.90. The molecule has 22 heavy (non-hydrogen) atoms. The number of hydrogen-bond donors (Lipinski definition) is 0. The van der Waals surface area contributed by atoms with Crippen LogP contribution in [0.15, 0.2) is 37.0 Å². The minimum atomic E-state index is -0.329. The second-order valence-electron chi connectivity index (χ2n) is 5.79. The largest absolute Gasteiger partial charge is 0.462 e. The van der Waals surface area contributed by atoms with E-state index in [9.17, 15) is 4.79 Å². The molecule has 0 amide bonds. The van der Waals surface area contributed by atoms with Crippen molar-refractivity contribution in [2.45, 2.75) is 77.6 Å². The zero-order valence-electron chi connectivity index (χ0n) is 14.4. The summed E-state index contributed by atoms with van der Waals surface area (Å²) >= 11 is 0. The van der Waals surface area contributed by atoms with Crippen molar-refractivity contribution in [2.75, 3.05) is 6.61 Å². The second kappa shape index (κ2) is 16.1. The SMILES string of the molecule is C=CC=CC(=C)C(=O)OCCCCCCCCCCCCC. The Bertz CT molecular complexity index is 329. The van der Waals surface area contributed by atoms with Gasteiger partial charge in [0.15, 0.2) is 0 Å². The van der Waals surface area contributed by atoms with E-state index in [-0.39, 0.29) is 5.97 Å². The Morgan fingerprint density at radius 1 is 0.909 bits per heavy atom. The van der Waals surface area contributed by atoms with Gasteiger partial charge >= 0.3 is 5.97 Å². The Labute approximate surface area is 137 Å². The van der Waals surface area contributed by atoms with Crippen molar-refractivity contribution in [1.29, 1.82) is 0 Å². The summed E-state index contributed by atoms with van der Waals surface area (Å²) < 4.78 is 5.16. The Balaban J connectivity index is 3.29. The maximum atomic E-state index is 11.5. The van der Waals surface area contributed by atoms with Crippen molar-refractivity contribution in [1.82, 2.24) is 0 Å². The first-order valence-corrected chi connectivity index (χ1v) is 8.87. The molecule has 0 aliphatic carbocycles. The first kappa shape index (κ1) is 20.7. The van der Waals surface area contributed by atoms with Crippen LogP contribution in [0.2, 0.25) is 0 Å². The van der Waals surface area contributed by atoms with Crippen molar-refractivity contribution in [3.8, 4) is 0 Å². The molecule has 0 N–H and O–H groups in total. The van der Waals surface area contributed by atoms with Crippen molar-refractivity contribution in [2.24, 2.45) is 0 Å². The fourth-order valence-corrected chi connectivity index (χ4v) is 2.28. The summed E-state index contributed by atoms with van der Waals surface area (Å²) in [5.41, 5.74) is 0.378. The minimum absolute atomic E-state index is 0.329. The molecule has 0 saturated heterocycles. The number of carbonyl (C=O) groups excluding carboxylic acids is 1. The molecular weight excluding hydrogens is 272 g/mol. The van der Waals surface area contributed by atoms with Crippen LogP contribution in [0, 0.1) is 0 Å². The molecule has 0 heterocycles. The third-order valence-corrected chi connectivity index (χ3v) is 3.68. The number of carbonyl (C=O) groups is 1. The van der Waals surface area contributed by atoms with Gasteiger partial charge < -0.3 is 4.74 Å². The zero-order chi connectivity index (χ0) is 16.5. The average Bonchev–Trinajstić information content (AvgIpc) is 2.53. The van der Waals surface area contributed by atoms with Gasteiger partial charge in [0, 0.05) is 0 Å². The molecule has 2 heteroatoms. The third-order valence-electron chi connectivity index (χ3n) is 3.68. The minimum Gasteiger partial charge on any atom is -0.462 e. The fourth-order valence-electron chi connectivity index (χ4n) is 2.28. The standard InChI is InChI=1S/C20H34O2/c1-4-6-8-9-10-11-12-13-14-15-16-18-22-20(21)19(3)17-7-5-2/h5,7,17H,2-4,6,8-16,18H2,1H3. The van der Waals surface area contributed by atoms with E-state index in [1.54, 1.807) is 18.2 Å². The predicted molar refractivity (Wildman–Crippen MR) is 95.9 cm³/mol. The van der Waals surface area contributed by atoms with Crippen molar-refractivity contribution < 1.29 is 9.53 Å². The molecular formula is C20H34O2. The lowest BCUT2D eigenvalue weighted by atomic mass is 10.1. The van der Waals surface area contributed by atoms with E-state index in [0.717, 1.165) is 12.8 Å². The number of allylic oxidation sites excluding steroid dienone is 2. The first-order valence-electron chi connectivity index (χ1n) is 8.87. The van der Waals surface area contributed by atoms with Gasteiger partial charge in [0.2, 0.25) is 0 Å². The molecule has 0 aliphatic rings. The van der Waals surface area contributed by atoms with Gasteiger partial charge in [-0.05, 0) is 12.5 Å². The van der Waals surface area contributed by atoms with Crippen LogP contribution in [0.25, 0.3) is 0 Å². The van der Waals surface area contributed by atoms with Crippen LogP contribution in [-0.4, -0.2) is 12.6 Å². The van der Waals surface area contributed by atoms with Crippen LogP contribution in [0.1, 0.15) is 77.6 Å². The molecule has 2 nitrogen and oxygen atoms in total. The molecule has 0 aliphatic heterocycles. The molecule has 0 spiro atoms. The van der Waals surface area contributed by atoms with Crippen LogP contribution in [0.3, 0.4) is 0 Å². The summed E-state index contributed by atoms with van der Waals surface area (Å²) in [5.74, 6) is -0.329. The van der Waals surface area contributed by atoms with Crippen LogP contribution < -0.4 is 0 Å². The lowest BCUT2D eigenvalue weighted by Gasteiger charge is -2.05. The van der Waals surface area contributed by atoms with E-state index in [0.29, 0.717) is 12.2 Å². The quantitative estimate of drug-likeness (QED) is 0.157. The highest BCUT2D eigenvalue weighted by Gasteiger charge is 2.04. The fraction of sp³-hybridized carbons (Fsp3) is 0.650. The smallest absolute Gasteiger partial charge is 0.337 e. The zero-order valence-corrected chi connectivity index (χ0v) is 14.4. The lowest BCUT2D eigenvalue weighted by Crippen LogP contribution is -2.06. The predicted octanol–water partition coefficient (Wildman–Crippen LogP) is 6.14. The van der Waals surface area contributed by atoms with Crippen molar-refractivity contribution in [3.05, 3.63) is 37.0 Å². The molecule has 126 valence electrons. The Morgan fingerprint density at radius 2 is 1.41 bits per heavy atom. The summed E-state index contributed by atoms with van der Waals surface area (Å²) in [6.45, 7) is 9.96. The summed E-state index contributed by atoms with van der Waals surface area (Å²) in [6.07, 6.45) is 19.1. The second-order valence-corrected chi connectivity index (χ2v) is 5.79. The van der Waals surface area contributed by atoms with Gasteiger partial charge in [0.1, 0.15) is 0 Å². The van der Waals surface area contributed by atoms with Gasteiger partial charge in [-0.3, -0.25) is 0 Å². The van der Waals surface area contributed by atoms with Gasteiger partial charge in [0.05, 0.1) is 12.2 Å². The molecule has 0 rings (SSSR count). The van der Waals surface area contributed by atoms with Crippen LogP contribution in [0.5, 0.6) is 0 Å². The van der Waals surface area contributed by atoms with Crippen molar-refractivity contribution >= 4 is 5.97 Å². The van der Waals surface area contributed by atoms with E-state index in [4.69, 9.17) is 4.74 Å². The molecule has 0 unspecified atom stereocenters. The summed E-state index contributed by atoms with van der Waals surface area (Å²) in [5, 5.41) is 0. The summed E-state index contributed by atoms with van der Waals surface area (Å²) in [7, 11) is 0. The number of hydrogen-bond acceptors (Lipinski definition) is 2. The Hall–Kier alpha value is -1.31. The number of esters is 1. The first-order chi connectivity index (χ1) is 10.7. The molecule has 0 aromatic heterocycles. The van der Waals surface area contributed by atoms with Crippen LogP contribution in [-0.2, 0) is 9.53 Å². The van der Waals surface area contributed by atoms with Crippen molar-refractivity contribution in [3.63, 3.8) is 0 Å². The highest BCUT2D eigenvalue weighted by atomic mass is 16.5. The lowest BCUT2D eigenvalue weighted by molar-refractivity contribution is -0.138. The topological polar surface area (TPSA) is 26.3 Å². The maximum absolute atomic E-state index is 11.5. The van der Waals surface area contributed by atoms with Gasteiger partial charge in [-0.2, -0.15) is 0 Å². The molecule has 0 aromatic carbocycles. The maximum Gasteiger partial charge on any atom is 0.337 e. The normalized spacial score (nSPS) is 10.8. The third kappa shape index (κ3) is 13.7. The van der Waals surface area contributed by atoms with E-state index in [1.165, 1.54) is 57.8 Å². The van der Waals surface area contributed by atoms with E-state index < -0.39 is 0 Å². The van der Waals surface area contributed by atoms with E-state index in [2.05, 4.69) is 20.1 Å². The van der Waals surface area contributed by atoms with Gasteiger partial charge in [-0.1, -0.05) is 96.4 Å². The van der Waals surface area contributed by atoms with Gasteiger partial charge in [0.25, 0.3) is 0 Å². The average molecular weight is 306 g/mol. The summed E-state index contributed by atoms with van der Waals surface area (Å²) in [6, 6.07) is 0. The van der Waals surface area contributed by atoms with Crippen LogP contribution in [0.4, 0.5) is 0 Å². The Morgan fingerprint density at radius 3 is 1.91 bits per heavy atom.